The molecule has 1 aliphatic carbocycles. The van der Waals surface area contributed by atoms with Gasteiger partial charge in [-0.3, -0.25) is 14.4 Å². The molecular weight excluding hydrogens is 536 g/mol. The number of carbonyl (C=O) groups is 3. The summed E-state index contributed by atoms with van der Waals surface area (Å²) in [5.41, 5.74) is 3.57. The van der Waals surface area contributed by atoms with Crippen molar-refractivity contribution in [3.05, 3.63) is 46.1 Å². The third-order valence-electron chi connectivity index (χ3n) is 9.58. The Morgan fingerprint density at radius 2 is 1.93 bits per heavy atom. The van der Waals surface area contributed by atoms with Gasteiger partial charge in [0.1, 0.15) is 0 Å². The first-order valence-corrected chi connectivity index (χ1v) is 15.8. The van der Waals surface area contributed by atoms with E-state index in [1.165, 1.54) is 18.4 Å². The zero-order valence-corrected chi connectivity index (χ0v) is 25.9. The highest BCUT2D eigenvalue weighted by Crippen LogP contribution is 2.50. The summed E-state index contributed by atoms with van der Waals surface area (Å²) >= 11 is 6.37. The lowest BCUT2D eigenvalue weighted by molar-refractivity contribution is -0.166. The van der Waals surface area contributed by atoms with Gasteiger partial charge in [-0.15, -0.1) is 0 Å². The molecule has 0 bridgehead atoms. The van der Waals surface area contributed by atoms with Crippen molar-refractivity contribution in [2.75, 3.05) is 13.1 Å². The number of benzene rings is 1. The van der Waals surface area contributed by atoms with Crippen molar-refractivity contribution in [1.82, 2.24) is 20.1 Å². The van der Waals surface area contributed by atoms with Crippen LogP contribution in [0.15, 0.2) is 29.8 Å². The Morgan fingerprint density at radius 1 is 1.17 bits per heavy atom. The minimum absolute atomic E-state index is 0.0117. The average Bonchev–Trinajstić information content (AvgIpc) is 3.29. The van der Waals surface area contributed by atoms with Crippen LogP contribution in [0.25, 0.3) is 10.9 Å². The molecule has 2 aromatic rings. The zero-order valence-electron chi connectivity index (χ0n) is 25.2. The molecule has 222 valence electrons. The van der Waals surface area contributed by atoms with Crippen LogP contribution in [-0.4, -0.2) is 57.7 Å². The number of aromatic amines is 1. The van der Waals surface area contributed by atoms with Crippen LogP contribution in [0.1, 0.15) is 90.8 Å². The van der Waals surface area contributed by atoms with Crippen LogP contribution in [0.3, 0.4) is 0 Å². The van der Waals surface area contributed by atoms with Crippen molar-refractivity contribution >= 4 is 40.2 Å². The second-order valence-electron chi connectivity index (χ2n) is 12.9. The largest absolute Gasteiger partial charge is 0.356 e. The minimum Gasteiger partial charge on any atom is -0.356 e. The summed E-state index contributed by atoms with van der Waals surface area (Å²) in [5.74, 6) is -1.14. The van der Waals surface area contributed by atoms with Gasteiger partial charge in [-0.2, -0.15) is 0 Å². The molecule has 0 unspecified atom stereocenters. The molecule has 1 aromatic carbocycles. The Hall–Kier alpha value is -2.80. The molecule has 3 heterocycles. The molecule has 1 aromatic heterocycles. The topological polar surface area (TPSA) is 85.5 Å². The molecule has 3 amide bonds. The lowest BCUT2D eigenvalue weighted by Gasteiger charge is -2.54. The third kappa shape index (κ3) is 5.54. The molecule has 0 spiro atoms. The van der Waals surface area contributed by atoms with Gasteiger partial charge in [-0.1, -0.05) is 23.3 Å². The van der Waals surface area contributed by atoms with Crippen LogP contribution in [0.2, 0.25) is 5.02 Å². The summed E-state index contributed by atoms with van der Waals surface area (Å²) in [4.78, 5) is 49.1. The monoisotopic (exact) mass is 580 g/mol. The number of carbonyl (C=O) groups excluding carboxylic acids is 3. The lowest BCUT2D eigenvalue weighted by Crippen LogP contribution is -2.65. The second kappa shape index (κ2) is 11.8. The molecule has 3 aliphatic rings. The predicted octanol–water partition coefficient (Wildman–Crippen LogP) is 6.10. The molecule has 8 heteroatoms. The van der Waals surface area contributed by atoms with Gasteiger partial charge in [0.05, 0.1) is 11.5 Å². The number of hydrogen-bond acceptors (Lipinski definition) is 3. The molecule has 0 radical (unpaired) electrons. The van der Waals surface area contributed by atoms with Crippen molar-refractivity contribution in [3.8, 4) is 0 Å². The van der Waals surface area contributed by atoms with E-state index in [0.29, 0.717) is 31.0 Å². The number of allylic oxidation sites excluding steroid dienone is 1. The van der Waals surface area contributed by atoms with Gasteiger partial charge >= 0.3 is 0 Å². The summed E-state index contributed by atoms with van der Waals surface area (Å²) in [6.07, 6.45) is 8.97. The summed E-state index contributed by atoms with van der Waals surface area (Å²) in [7, 11) is 0. The summed E-state index contributed by atoms with van der Waals surface area (Å²) in [6, 6.07) is 5.82. The SMILES string of the molecule is CC(C)N(C(=O)[C@H]1C[C@H](CC(=O)NCCC2=CCCCC2)C(=O)N2CCc3c([nH]c4ccc(Cl)cc34)[C@]12C)C(C)C. The van der Waals surface area contributed by atoms with Gasteiger partial charge in [0.15, 0.2) is 0 Å². The van der Waals surface area contributed by atoms with E-state index < -0.39 is 17.4 Å². The first-order valence-electron chi connectivity index (χ1n) is 15.4. The van der Waals surface area contributed by atoms with Crippen molar-refractivity contribution in [3.63, 3.8) is 0 Å². The molecule has 41 heavy (non-hydrogen) atoms. The van der Waals surface area contributed by atoms with Gasteiger partial charge in [-0.25, -0.2) is 0 Å². The van der Waals surface area contributed by atoms with Crippen LogP contribution in [0.4, 0.5) is 0 Å². The molecule has 1 fully saturated rings. The Kier molecular flexibility index (Phi) is 8.56. The second-order valence-corrected chi connectivity index (χ2v) is 13.3. The Bertz CT molecular complexity index is 1350. The smallest absolute Gasteiger partial charge is 0.228 e. The molecular formula is C33H45ClN4O3. The molecule has 5 rings (SSSR count). The van der Waals surface area contributed by atoms with Gasteiger partial charge in [-0.05, 0) is 103 Å². The lowest BCUT2D eigenvalue weighted by atomic mass is 9.67. The zero-order chi connectivity index (χ0) is 29.5. The Morgan fingerprint density at radius 3 is 2.61 bits per heavy atom. The van der Waals surface area contributed by atoms with Gasteiger partial charge in [0.2, 0.25) is 17.7 Å². The number of nitrogens with zero attached hydrogens (tertiary/aromatic N) is 2. The summed E-state index contributed by atoms with van der Waals surface area (Å²) < 4.78 is 0. The number of rotatable bonds is 8. The van der Waals surface area contributed by atoms with Crippen LogP contribution in [0, 0.1) is 11.8 Å². The Balaban J connectivity index is 1.45. The fraction of sp³-hybridized carbons (Fsp3) is 0.606. The number of fused-ring (bicyclic) bond motifs is 5. The van der Waals surface area contributed by atoms with Gasteiger partial charge < -0.3 is 20.1 Å². The molecule has 2 N–H and O–H groups in total. The standard InChI is InChI=1S/C33H45ClN4O3/c1-20(2)38(21(3)4)32(41)27-17-23(18-29(39)35-15-13-22-9-7-6-8-10-22)31(40)37-16-14-25-26-19-24(34)11-12-28(26)36-30(25)33(27,37)5/h9,11-12,19-21,23,27,36H,6-8,10,13-18H2,1-5H3,(H,35,39)/t23-,27-,33+/m1/s1. The first kappa shape index (κ1) is 29.7. The quantitative estimate of drug-likeness (QED) is 0.370. The highest BCUT2D eigenvalue weighted by Gasteiger charge is 2.57. The predicted molar refractivity (Wildman–Crippen MR) is 164 cm³/mol. The number of nitrogens with one attached hydrogen (secondary N) is 2. The van der Waals surface area contributed by atoms with Crippen molar-refractivity contribution in [2.45, 2.75) is 104 Å². The molecule has 2 aliphatic heterocycles. The van der Waals surface area contributed by atoms with Crippen LogP contribution >= 0.6 is 11.6 Å². The molecule has 3 atom stereocenters. The van der Waals surface area contributed by atoms with E-state index in [-0.39, 0.29) is 36.2 Å². The summed E-state index contributed by atoms with van der Waals surface area (Å²) in [5, 5.41) is 4.77. The number of aromatic nitrogens is 1. The molecule has 7 nitrogen and oxygen atoms in total. The number of amides is 3. The van der Waals surface area contributed by atoms with Gasteiger partial charge in [0, 0.05) is 59.1 Å². The van der Waals surface area contributed by atoms with E-state index in [9.17, 15) is 14.4 Å². The highest BCUT2D eigenvalue weighted by atomic mass is 35.5. The fourth-order valence-corrected chi connectivity index (χ4v) is 7.80. The maximum Gasteiger partial charge on any atom is 0.228 e. The van der Waals surface area contributed by atoms with Crippen molar-refractivity contribution < 1.29 is 14.4 Å². The van der Waals surface area contributed by atoms with E-state index in [1.807, 2.05) is 62.6 Å². The van der Waals surface area contributed by atoms with Crippen molar-refractivity contribution in [1.29, 1.82) is 0 Å². The third-order valence-corrected chi connectivity index (χ3v) is 9.82. The maximum absolute atomic E-state index is 14.5. The van der Waals surface area contributed by atoms with E-state index >= 15 is 0 Å². The average molecular weight is 581 g/mol. The first-order chi connectivity index (χ1) is 19.5. The molecule has 1 saturated heterocycles. The van der Waals surface area contributed by atoms with Crippen LogP contribution < -0.4 is 5.32 Å². The number of hydrogen-bond donors (Lipinski definition) is 2. The molecule has 0 saturated carbocycles. The summed E-state index contributed by atoms with van der Waals surface area (Å²) in [6.45, 7) is 11.3. The van der Waals surface area contributed by atoms with E-state index in [1.54, 1.807) is 0 Å². The van der Waals surface area contributed by atoms with Crippen molar-refractivity contribution in [2.24, 2.45) is 11.8 Å². The van der Waals surface area contributed by atoms with E-state index in [4.69, 9.17) is 11.6 Å². The number of halogens is 1. The normalized spacial score (nSPS) is 24.3. The number of piperidine rings is 1. The van der Waals surface area contributed by atoms with E-state index in [2.05, 4.69) is 16.4 Å². The van der Waals surface area contributed by atoms with Crippen LogP contribution in [-0.2, 0) is 26.3 Å². The highest BCUT2D eigenvalue weighted by molar-refractivity contribution is 6.31. The number of H-pyrrole nitrogens is 1. The van der Waals surface area contributed by atoms with Crippen LogP contribution in [0.5, 0.6) is 0 Å². The van der Waals surface area contributed by atoms with Gasteiger partial charge in [0.25, 0.3) is 0 Å². The minimum atomic E-state index is -0.851. The Labute approximate surface area is 249 Å². The fourth-order valence-electron chi connectivity index (χ4n) is 7.63. The van der Waals surface area contributed by atoms with E-state index in [0.717, 1.165) is 41.4 Å². The maximum atomic E-state index is 14.5.